The fourth-order valence-corrected chi connectivity index (χ4v) is 5.39. The van der Waals surface area contributed by atoms with Crippen LogP contribution in [0.2, 0.25) is 0 Å². The second-order valence-corrected chi connectivity index (χ2v) is 11.0. The zero-order valence-electron chi connectivity index (χ0n) is 23.7. The van der Waals surface area contributed by atoms with E-state index in [1.807, 2.05) is 0 Å². The number of aldehydes is 1. The van der Waals surface area contributed by atoms with Crippen molar-refractivity contribution in [3.63, 3.8) is 0 Å². The molecule has 2 fully saturated rings. The minimum absolute atomic E-state index is 0.0485. The van der Waals surface area contributed by atoms with E-state index in [-0.39, 0.29) is 11.9 Å². The van der Waals surface area contributed by atoms with Crippen LogP contribution < -0.4 is 5.32 Å². The van der Waals surface area contributed by atoms with Gasteiger partial charge < -0.3 is 101 Å². The van der Waals surface area contributed by atoms with Crippen molar-refractivity contribution in [3.8, 4) is 0 Å². The zero-order chi connectivity index (χ0) is 33.7. The van der Waals surface area contributed by atoms with E-state index in [4.69, 9.17) is 18.9 Å². The van der Waals surface area contributed by atoms with Gasteiger partial charge in [-0.15, -0.1) is 0 Å². The molecule has 0 aromatic heterocycles. The fourth-order valence-electron chi connectivity index (χ4n) is 5.39. The Kier molecular flexibility index (Phi) is 14.1. The van der Waals surface area contributed by atoms with Crippen molar-refractivity contribution in [1.82, 2.24) is 5.32 Å². The molecule has 20 nitrogen and oxygen atoms in total. The van der Waals surface area contributed by atoms with Gasteiger partial charge in [-0.05, 0) is 5.57 Å². The van der Waals surface area contributed by atoms with Crippen molar-refractivity contribution in [1.29, 1.82) is 0 Å². The number of nitrogens with one attached hydrogen (secondary N) is 1. The van der Waals surface area contributed by atoms with E-state index in [9.17, 15) is 76.3 Å². The summed E-state index contributed by atoms with van der Waals surface area (Å²) in [4.78, 5) is 10.9. The van der Waals surface area contributed by atoms with Crippen molar-refractivity contribution >= 4 is 6.29 Å². The summed E-state index contributed by atoms with van der Waals surface area (Å²) in [7, 11) is 0. The second-order valence-electron chi connectivity index (χ2n) is 11.0. The lowest BCUT2D eigenvalue weighted by Crippen LogP contribution is -2.69. The molecule has 0 bridgehead atoms. The average Bonchev–Trinajstić information content (AvgIpc) is 3.04. The van der Waals surface area contributed by atoms with Gasteiger partial charge in [-0.2, -0.15) is 0 Å². The van der Waals surface area contributed by atoms with Gasteiger partial charge in [0, 0.05) is 0 Å². The third-order valence-electron chi connectivity index (χ3n) is 8.06. The number of aliphatic hydroxyl groups excluding tert-OH is 14. The number of hydrogen-bond acceptors (Lipinski definition) is 20. The third-order valence-corrected chi connectivity index (χ3v) is 8.06. The van der Waals surface area contributed by atoms with E-state index in [0.717, 1.165) is 0 Å². The summed E-state index contributed by atoms with van der Waals surface area (Å²) < 4.78 is 21.8. The van der Waals surface area contributed by atoms with E-state index >= 15 is 0 Å². The number of carbonyl (C=O) groups is 1. The molecule has 2 heterocycles. The SMILES string of the molecule is O=CC(O)C(O)C(OC1OC(CO)C(OC2OC(CO)C(NC3C=C(CO)C(O)C(O)C3O)C(O)C2O)C(O)C1O)C(O)CO. The Morgan fingerprint density at radius 2 is 1.40 bits per heavy atom. The van der Waals surface area contributed by atoms with Gasteiger partial charge in [0.05, 0.1) is 38.5 Å². The summed E-state index contributed by atoms with van der Waals surface area (Å²) in [5, 5.41) is 145. The summed E-state index contributed by atoms with van der Waals surface area (Å²) in [6.07, 6.45) is -28.3. The maximum atomic E-state index is 10.9. The predicted octanol–water partition coefficient (Wildman–Crippen LogP) is -9.75. The monoisotopic (exact) mass is 661 g/mol. The molecule has 3 rings (SSSR count). The van der Waals surface area contributed by atoms with E-state index < -0.39 is 137 Å². The van der Waals surface area contributed by atoms with Crippen molar-refractivity contribution < 1.29 is 95.2 Å². The van der Waals surface area contributed by atoms with Gasteiger partial charge in [-0.1, -0.05) is 6.08 Å². The molecule has 262 valence electrons. The first-order valence-electron chi connectivity index (χ1n) is 14.0. The second kappa shape index (κ2) is 16.7. The molecule has 0 aromatic carbocycles. The molecule has 1 aliphatic carbocycles. The van der Waals surface area contributed by atoms with E-state index in [2.05, 4.69) is 5.32 Å². The first kappa shape index (κ1) is 38.1. The maximum Gasteiger partial charge on any atom is 0.187 e. The van der Waals surface area contributed by atoms with Crippen molar-refractivity contribution in [2.24, 2.45) is 0 Å². The minimum Gasteiger partial charge on any atom is -0.394 e. The number of aliphatic hydroxyl groups is 14. The first-order chi connectivity index (χ1) is 21.2. The normalized spacial score (nSPS) is 43.6. The van der Waals surface area contributed by atoms with Crippen molar-refractivity contribution in [3.05, 3.63) is 11.6 Å². The predicted molar refractivity (Wildman–Crippen MR) is 140 cm³/mol. The van der Waals surface area contributed by atoms with Gasteiger partial charge in [0.25, 0.3) is 0 Å². The summed E-state index contributed by atoms with van der Waals surface area (Å²) >= 11 is 0. The molecule has 15 N–H and O–H groups in total. The topological polar surface area (TPSA) is 349 Å². The Bertz CT molecular complexity index is 957. The smallest absolute Gasteiger partial charge is 0.187 e. The highest BCUT2D eigenvalue weighted by atomic mass is 16.7. The Labute approximate surface area is 255 Å². The van der Waals surface area contributed by atoms with Gasteiger partial charge in [0.1, 0.15) is 85.5 Å². The summed E-state index contributed by atoms with van der Waals surface area (Å²) in [6.45, 7) is -3.46. The fraction of sp³-hybridized carbons (Fsp3) is 0.880. The van der Waals surface area contributed by atoms with Crippen LogP contribution in [0.15, 0.2) is 11.6 Å². The molecule has 3 aliphatic rings. The Balaban J connectivity index is 1.74. The molecule has 18 unspecified atom stereocenters. The van der Waals surface area contributed by atoms with Gasteiger partial charge in [0.15, 0.2) is 18.9 Å². The van der Waals surface area contributed by atoms with Crippen LogP contribution in [0.3, 0.4) is 0 Å². The lowest BCUT2D eigenvalue weighted by molar-refractivity contribution is -0.362. The van der Waals surface area contributed by atoms with Crippen LogP contribution in [-0.2, 0) is 23.7 Å². The molecular weight excluding hydrogens is 618 g/mol. The molecule has 18 atom stereocenters. The molecular formula is C25H43NO19. The highest BCUT2D eigenvalue weighted by Crippen LogP contribution is 2.31. The number of ether oxygens (including phenoxy) is 4. The van der Waals surface area contributed by atoms with E-state index in [1.165, 1.54) is 6.08 Å². The van der Waals surface area contributed by atoms with Crippen LogP contribution >= 0.6 is 0 Å². The number of rotatable bonds is 14. The van der Waals surface area contributed by atoms with Crippen LogP contribution in [0.25, 0.3) is 0 Å². The largest absolute Gasteiger partial charge is 0.394 e. The van der Waals surface area contributed by atoms with Gasteiger partial charge in [-0.25, -0.2) is 0 Å². The van der Waals surface area contributed by atoms with Crippen molar-refractivity contribution in [2.75, 3.05) is 26.4 Å². The summed E-state index contributed by atoms with van der Waals surface area (Å²) in [6, 6.07) is -2.55. The number of hydrogen-bond donors (Lipinski definition) is 15. The molecule has 2 aliphatic heterocycles. The summed E-state index contributed by atoms with van der Waals surface area (Å²) in [5.74, 6) is 0. The molecule has 20 heteroatoms. The van der Waals surface area contributed by atoms with Crippen LogP contribution in [-0.4, -0.2) is 214 Å². The number of carbonyl (C=O) groups excluding carboxylic acids is 1. The molecule has 45 heavy (non-hydrogen) atoms. The third kappa shape index (κ3) is 8.21. The summed E-state index contributed by atoms with van der Waals surface area (Å²) in [5.41, 5.74) is -0.0485. The molecule has 0 radical (unpaired) electrons. The van der Waals surface area contributed by atoms with Crippen molar-refractivity contribution in [2.45, 2.75) is 110 Å². The molecule has 0 amide bonds. The quantitative estimate of drug-likeness (QED) is 0.0606. The average molecular weight is 662 g/mol. The lowest BCUT2D eigenvalue weighted by atomic mass is 9.86. The highest BCUT2D eigenvalue weighted by molar-refractivity contribution is 5.56. The minimum atomic E-state index is -2.13. The van der Waals surface area contributed by atoms with Crippen LogP contribution in [0.4, 0.5) is 0 Å². The molecule has 2 saturated heterocycles. The Hall–Kier alpha value is -1.35. The molecule has 0 spiro atoms. The van der Waals surface area contributed by atoms with Gasteiger partial charge >= 0.3 is 0 Å². The van der Waals surface area contributed by atoms with Crippen LogP contribution in [0.1, 0.15) is 0 Å². The standard InChI is InChI=1S/C25H43NO19/c27-2-7-1-8(15(35)18(38)14(7)34)26-13-11(5-30)42-24(20(40)17(13)37)45-23-12(6-31)43-25(21(41)19(23)39)44-22(10(33)4-29)16(36)9(32)3-28/h1,3,8-27,29-41H,2,4-6H2. The van der Waals surface area contributed by atoms with E-state index in [0.29, 0.717) is 0 Å². The van der Waals surface area contributed by atoms with Gasteiger partial charge in [0.2, 0.25) is 0 Å². The van der Waals surface area contributed by atoms with Crippen LogP contribution in [0, 0.1) is 0 Å². The first-order valence-corrected chi connectivity index (χ1v) is 14.0. The molecule has 0 aromatic rings. The molecule has 0 saturated carbocycles. The van der Waals surface area contributed by atoms with Gasteiger partial charge in [-0.3, -0.25) is 0 Å². The Morgan fingerprint density at radius 3 is 1.96 bits per heavy atom. The van der Waals surface area contributed by atoms with Crippen LogP contribution in [0.5, 0.6) is 0 Å². The lowest BCUT2D eigenvalue weighted by Gasteiger charge is -2.48. The van der Waals surface area contributed by atoms with E-state index in [1.54, 1.807) is 0 Å². The zero-order valence-corrected chi connectivity index (χ0v) is 23.7. The highest BCUT2D eigenvalue weighted by Gasteiger charge is 2.52. The maximum absolute atomic E-state index is 10.9. The Morgan fingerprint density at radius 1 is 0.800 bits per heavy atom.